The molecule has 2 nitrogen and oxygen atoms in total. The second kappa shape index (κ2) is 5.85. The van der Waals surface area contributed by atoms with Gasteiger partial charge in [0.25, 0.3) is 0 Å². The number of alkyl halides is 1. The molecule has 0 spiro atoms. The Kier molecular flexibility index (Phi) is 4.17. The van der Waals surface area contributed by atoms with Crippen molar-refractivity contribution in [1.29, 1.82) is 0 Å². The van der Waals surface area contributed by atoms with Crippen LogP contribution < -0.4 is 10.1 Å². The zero-order valence-electron chi connectivity index (χ0n) is 9.42. The van der Waals surface area contributed by atoms with Gasteiger partial charge in [0, 0.05) is 18.0 Å². The molecule has 0 bridgehead atoms. The van der Waals surface area contributed by atoms with Crippen LogP contribution in [0.1, 0.15) is 18.4 Å². The van der Waals surface area contributed by atoms with E-state index < -0.39 is 6.67 Å². The van der Waals surface area contributed by atoms with E-state index in [1.165, 1.54) is 12.8 Å². The molecule has 16 heavy (non-hydrogen) atoms. The molecule has 0 aromatic heterocycles. The zero-order chi connectivity index (χ0) is 11.2. The van der Waals surface area contributed by atoms with Crippen LogP contribution in [0.5, 0.6) is 5.75 Å². The van der Waals surface area contributed by atoms with E-state index in [-0.39, 0.29) is 0 Å². The molecule has 88 valence electrons. The smallest absolute Gasteiger partial charge is 0.125 e. The maximum absolute atomic E-state index is 12.7. The average Bonchev–Trinajstić information content (AvgIpc) is 2.38. The summed E-state index contributed by atoms with van der Waals surface area (Å²) in [6.07, 6.45) is 2.41. The number of halogens is 1. The van der Waals surface area contributed by atoms with Crippen molar-refractivity contribution >= 4 is 0 Å². The second-order valence-corrected chi connectivity index (χ2v) is 4.26. The third-order valence-corrected chi connectivity index (χ3v) is 2.99. The lowest BCUT2D eigenvalue weighted by atomic mass is 10.0. The summed E-state index contributed by atoms with van der Waals surface area (Å²) in [7, 11) is 0. The van der Waals surface area contributed by atoms with Crippen LogP contribution in [0.15, 0.2) is 24.3 Å². The SMILES string of the molecule is FCc1ccccc1OCC1CCCNC1. The van der Waals surface area contributed by atoms with Gasteiger partial charge in [-0.05, 0) is 25.5 Å². The quantitative estimate of drug-likeness (QED) is 0.847. The fourth-order valence-electron chi connectivity index (χ4n) is 2.03. The molecule has 0 aliphatic carbocycles. The standard InChI is InChI=1S/C13H18FNO/c14-8-12-5-1-2-6-13(12)16-10-11-4-3-7-15-9-11/h1-2,5-6,11,15H,3-4,7-10H2. The van der Waals surface area contributed by atoms with Crippen molar-refractivity contribution in [1.82, 2.24) is 5.32 Å². The Morgan fingerprint density at radius 1 is 1.38 bits per heavy atom. The predicted octanol–water partition coefficient (Wildman–Crippen LogP) is 2.53. The lowest BCUT2D eigenvalue weighted by Gasteiger charge is -2.23. The summed E-state index contributed by atoms with van der Waals surface area (Å²) < 4.78 is 18.3. The molecule has 1 atom stereocenters. The van der Waals surface area contributed by atoms with Gasteiger partial charge in [0.1, 0.15) is 12.4 Å². The first-order valence-electron chi connectivity index (χ1n) is 5.87. The topological polar surface area (TPSA) is 21.3 Å². The number of hydrogen-bond acceptors (Lipinski definition) is 2. The monoisotopic (exact) mass is 223 g/mol. The Morgan fingerprint density at radius 2 is 2.25 bits per heavy atom. The first kappa shape index (κ1) is 11.4. The maximum Gasteiger partial charge on any atom is 0.125 e. The molecule has 2 rings (SSSR count). The Labute approximate surface area is 95.8 Å². The number of ether oxygens (including phenoxy) is 1. The molecule has 1 aliphatic heterocycles. The van der Waals surface area contributed by atoms with Gasteiger partial charge >= 0.3 is 0 Å². The first-order chi connectivity index (χ1) is 7.90. The molecule has 1 aromatic carbocycles. The van der Waals surface area contributed by atoms with Crippen molar-refractivity contribution in [2.75, 3.05) is 19.7 Å². The Balaban J connectivity index is 1.88. The van der Waals surface area contributed by atoms with Crippen LogP contribution in [0, 0.1) is 5.92 Å². The summed E-state index contributed by atoms with van der Waals surface area (Å²) in [5, 5.41) is 3.35. The maximum atomic E-state index is 12.7. The predicted molar refractivity (Wildman–Crippen MR) is 62.3 cm³/mol. The van der Waals surface area contributed by atoms with Crippen molar-refractivity contribution < 1.29 is 9.13 Å². The van der Waals surface area contributed by atoms with Crippen molar-refractivity contribution in [3.8, 4) is 5.75 Å². The molecule has 1 fully saturated rings. The highest BCUT2D eigenvalue weighted by molar-refractivity contribution is 5.32. The van der Waals surface area contributed by atoms with Gasteiger partial charge in [-0.1, -0.05) is 18.2 Å². The van der Waals surface area contributed by atoms with Gasteiger partial charge in [0.2, 0.25) is 0 Å². The summed E-state index contributed by atoms with van der Waals surface area (Å²) >= 11 is 0. The second-order valence-electron chi connectivity index (χ2n) is 4.26. The van der Waals surface area contributed by atoms with E-state index in [0.717, 1.165) is 13.1 Å². The highest BCUT2D eigenvalue weighted by atomic mass is 19.1. The minimum Gasteiger partial charge on any atom is -0.493 e. The Morgan fingerprint density at radius 3 is 3.00 bits per heavy atom. The van der Waals surface area contributed by atoms with Crippen LogP contribution in [0.4, 0.5) is 4.39 Å². The van der Waals surface area contributed by atoms with Crippen molar-refractivity contribution in [3.05, 3.63) is 29.8 Å². The summed E-state index contributed by atoms with van der Waals surface area (Å²) in [5.74, 6) is 1.25. The van der Waals surface area contributed by atoms with E-state index in [9.17, 15) is 4.39 Å². The van der Waals surface area contributed by atoms with Crippen molar-refractivity contribution in [2.45, 2.75) is 19.5 Å². The number of nitrogens with one attached hydrogen (secondary N) is 1. The number of para-hydroxylation sites is 1. The molecular weight excluding hydrogens is 205 g/mol. The van der Waals surface area contributed by atoms with E-state index in [4.69, 9.17) is 4.74 Å². The fourth-order valence-corrected chi connectivity index (χ4v) is 2.03. The van der Waals surface area contributed by atoms with E-state index >= 15 is 0 Å². The number of hydrogen-bond donors (Lipinski definition) is 1. The summed E-state index contributed by atoms with van der Waals surface area (Å²) in [4.78, 5) is 0. The van der Waals surface area contributed by atoms with Gasteiger partial charge in [0.15, 0.2) is 0 Å². The van der Waals surface area contributed by atoms with Gasteiger partial charge < -0.3 is 10.1 Å². The minimum absolute atomic E-state index is 0.459. The molecule has 1 heterocycles. The molecule has 0 radical (unpaired) electrons. The van der Waals surface area contributed by atoms with E-state index in [1.54, 1.807) is 6.07 Å². The Bertz CT molecular complexity index is 323. The molecule has 1 N–H and O–H groups in total. The molecular formula is C13H18FNO. The van der Waals surface area contributed by atoms with Crippen molar-refractivity contribution in [3.63, 3.8) is 0 Å². The number of rotatable bonds is 4. The van der Waals surface area contributed by atoms with Crippen LogP contribution in [0.3, 0.4) is 0 Å². The van der Waals surface area contributed by atoms with E-state index in [0.29, 0.717) is 23.8 Å². The lowest BCUT2D eigenvalue weighted by molar-refractivity contribution is 0.215. The molecule has 0 saturated carbocycles. The number of piperidine rings is 1. The Hall–Kier alpha value is -1.09. The van der Waals surface area contributed by atoms with Crippen LogP contribution >= 0.6 is 0 Å². The summed E-state index contributed by atoms with van der Waals surface area (Å²) in [5.41, 5.74) is 0.645. The van der Waals surface area contributed by atoms with Crippen molar-refractivity contribution in [2.24, 2.45) is 5.92 Å². The van der Waals surface area contributed by atoms with Crippen LogP contribution in [0.25, 0.3) is 0 Å². The zero-order valence-corrected chi connectivity index (χ0v) is 9.42. The average molecular weight is 223 g/mol. The van der Waals surface area contributed by atoms with Crippen LogP contribution in [-0.4, -0.2) is 19.7 Å². The lowest BCUT2D eigenvalue weighted by Crippen LogP contribution is -2.33. The van der Waals surface area contributed by atoms with Gasteiger partial charge in [0.05, 0.1) is 6.61 Å². The van der Waals surface area contributed by atoms with Gasteiger partial charge in [-0.3, -0.25) is 0 Å². The molecule has 3 heteroatoms. The van der Waals surface area contributed by atoms with Gasteiger partial charge in [-0.2, -0.15) is 0 Å². The normalized spacial score (nSPS) is 20.7. The highest BCUT2D eigenvalue weighted by Crippen LogP contribution is 2.20. The molecule has 0 amide bonds. The van der Waals surface area contributed by atoms with E-state index in [2.05, 4.69) is 5.32 Å². The van der Waals surface area contributed by atoms with E-state index in [1.807, 2.05) is 18.2 Å². The van der Waals surface area contributed by atoms with Crippen LogP contribution in [0.2, 0.25) is 0 Å². The molecule has 1 saturated heterocycles. The molecule has 1 aromatic rings. The minimum atomic E-state index is -0.459. The third kappa shape index (κ3) is 2.95. The highest BCUT2D eigenvalue weighted by Gasteiger charge is 2.14. The fraction of sp³-hybridized carbons (Fsp3) is 0.538. The molecule has 1 unspecified atom stereocenters. The largest absolute Gasteiger partial charge is 0.493 e. The molecule has 1 aliphatic rings. The number of benzene rings is 1. The van der Waals surface area contributed by atoms with Gasteiger partial charge in [-0.25, -0.2) is 4.39 Å². The van der Waals surface area contributed by atoms with Crippen LogP contribution in [-0.2, 0) is 6.67 Å². The van der Waals surface area contributed by atoms with Gasteiger partial charge in [-0.15, -0.1) is 0 Å². The first-order valence-corrected chi connectivity index (χ1v) is 5.87. The summed E-state index contributed by atoms with van der Waals surface area (Å²) in [6.45, 7) is 2.35. The third-order valence-electron chi connectivity index (χ3n) is 2.99. The summed E-state index contributed by atoms with van der Waals surface area (Å²) in [6, 6.07) is 7.33.